The van der Waals surface area contributed by atoms with Crippen LogP contribution in [0.15, 0.2) is 29.4 Å². The molecule has 1 saturated heterocycles. The summed E-state index contributed by atoms with van der Waals surface area (Å²) in [6, 6.07) is 7.58. The minimum Gasteiger partial charge on any atom is -0.497 e. The lowest BCUT2D eigenvalue weighted by Crippen LogP contribution is -2.50. The molecule has 0 aliphatic carbocycles. The third-order valence-corrected chi connectivity index (χ3v) is 4.39. The average molecular weight is 321 g/mol. The summed E-state index contributed by atoms with van der Waals surface area (Å²) in [6.45, 7) is 4.48. The molecule has 0 amide bonds. The van der Waals surface area contributed by atoms with E-state index in [2.05, 4.69) is 10.0 Å². The Hall–Kier alpha value is -1.79. The van der Waals surface area contributed by atoms with E-state index >= 15 is 0 Å². The number of azide groups is 1. The largest absolute Gasteiger partial charge is 0.497 e. The van der Waals surface area contributed by atoms with E-state index in [1.165, 1.54) is 0 Å². The molecule has 1 aromatic rings. The van der Waals surface area contributed by atoms with Gasteiger partial charge in [0.25, 0.3) is 0 Å². The maximum atomic E-state index is 10.3. The predicted molar refractivity (Wildman–Crippen MR) is 84.8 cm³/mol. The van der Waals surface area contributed by atoms with Crippen molar-refractivity contribution in [2.75, 3.05) is 13.7 Å². The molecule has 5 atom stereocenters. The smallest absolute Gasteiger partial charge is 0.140 e. The van der Waals surface area contributed by atoms with Gasteiger partial charge in [-0.3, -0.25) is 0 Å². The fraction of sp³-hybridized carbons (Fsp3) is 0.625. The summed E-state index contributed by atoms with van der Waals surface area (Å²) in [5, 5.41) is 14.0. The SMILES string of the molecule is COc1ccc(COCC2O[C@@H](N=[N+]=[N-])C(C)[C@@H](C)[C@@H]2O)cc1. The summed E-state index contributed by atoms with van der Waals surface area (Å²) in [6.07, 6.45) is -1.73. The highest BCUT2D eigenvalue weighted by Gasteiger charge is 2.40. The number of hydrogen-bond acceptors (Lipinski definition) is 5. The van der Waals surface area contributed by atoms with Crippen molar-refractivity contribution in [2.45, 2.75) is 38.9 Å². The molecule has 23 heavy (non-hydrogen) atoms. The second kappa shape index (κ2) is 8.17. The molecule has 1 aliphatic heterocycles. The average Bonchev–Trinajstić information content (AvgIpc) is 2.57. The lowest BCUT2D eigenvalue weighted by Gasteiger charge is -2.40. The standard InChI is InChI=1S/C16H23N3O4/c1-10-11(2)16(18-19-17)23-14(15(10)20)9-22-8-12-4-6-13(21-3)7-5-12/h4-7,10-11,14-16,20H,8-9H2,1-3H3/t10-,11?,14?,15+,16-/m1/s1. The molecule has 1 aromatic carbocycles. The van der Waals surface area contributed by atoms with Gasteiger partial charge in [0.15, 0.2) is 0 Å². The Labute approximate surface area is 135 Å². The van der Waals surface area contributed by atoms with Crippen LogP contribution < -0.4 is 4.74 Å². The van der Waals surface area contributed by atoms with Gasteiger partial charge in [0, 0.05) is 4.91 Å². The van der Waals surface area contributed by atoms with Crippen LogP contribution in [-0.4, -0.2) is 37.3 Å². The van der Waals surface area contributed by atoms with Crippen LogP contribution in [0.25, 0.3) is 10.4 Å². The molecule has 0 saturated carbocycles. The van der Waals surface area contributed by atoms with Crippen LogP contribution in [0.4, 0.5) is 0 Å². The lowest BCUT2D eigenvalue weighted by molar-refractivity contribution is -0.184. The highest BCUT2D eigenvalue weighted by Crippen LogP contribution is 2.31. The highest BCUT2D eigenvalue weighted by atomic mass is 16.6. The molecule has 7 heteroatoms. The van der Waals surface area contributed by atoms with Crippen molar-refractivity contribution in [3.05, 3.63) is 40.3 Å². The summed E-state index contributed by atoms with van der Waals surface area (Å²) in [5.74, 6) is 0.715. The van der Waals surface area contributed by atoms with E-state index in [4.69, 9.17) is 19.7 Å². The monoisotopic (exact) mass is 321 g/mol. The van der Waals surface area contributed by atoms with Gasteiger partial charge in [-0.2, -0.15) is 0 Å². The zero-order valence-electron chi connectivity index (χ0n) is 13.6. The molecule has 0 radical (unpaired) electrons. The lowest BCUT2D eigenvalue weighted by atomic mass is 9.84. The Balaban J connectivity index is 1.89. The summed E-state index contributed by atoms with van der Waals surface area (Å²) in [4.78, 5) is 2.81. The second-order valence-electron chi connectivity index (χ2n) is 5.84. The van der Waals surface area contributed by atoms with Crippen molar-refractivity contribution in [2.24, 2.45) is 17.0 Å². The zero-order valence-corrected chi connectivity index (χ0v) is 13.6. The molecule has 1 fully saturated rings. The Morgan fingerprint density at radius 1 is 1.26 bits per heavy atom. The van der Waals surface area contributed by atoms with Crippen LogP contribution in [0.3, 0.4) is 0 Å². The van der Waals surface area contributed by atoms with E-state index in [1.807, 2.05) is 38.1 Å². The van der Waals surface area contributed by atoms with Gasteiger partial charge in [-0.25, -0.2) is 0 Å². The Kier molecular flexibility index (Phi) is 6.24. The Morgan fingerprint density at radius 3 is 2.57 bits per heavy atom. The van der Waals surface area contributed by atoms with Gasteiger partial charge in [-0.1, -0.05) is 31.1 Å². The van der Waals surface area contributed by atoms with Crippen molar-refractivity contribution < 1.29 is 19.3 Å². The molecule has 0 spiro atoms. The van der Waals surface area contributed by atoms with E-state index in [-0.39, 0.29) is 18.4 Å². The first-order valence-corrected chi connectivity index (χ1v) is 7.65. The van der Waals surface area contributed by atoms with Crippen LogP contribution in [0.1, 0.15) is 19.4 Å². The third-order valence-electron chi connectivity index (χ3n) is 4.39. The molecule has 126 valence electrons. The molecule has 0 bridgehead atoms. The van der Waals surface area contributed by atoms with Gasteiger partial charge in [-0.05, 0) is 35.1 Å². The van der Waals surface area contributed by atoms with Crippen molar-refractivity contribution in [3.63, 3.8) is 0 Å². The van der Waals surface area contributed by atoms with Crippen molar-refractivity contribution >= 4 is 0 Å². The predicted octanol–water partition coefficient (Wildman–Crippen LogP) is 2.88. The van der Waals surface area contributed by atoms with Crippen molar-refractivity contribution in [1.82, 2.24) is 0 Å². The van der Waals surface area contributed by atoms with E-state index in [1.54, 1.807) is 7.11 Å². The number of benzene rings is 1. The van der Waals surface area contributed by atoms with Crippen LogP contribution in [0.5, 0.6) is 5.75 Å². The molecular weight excluding hydrogens is 298 g/mol. The summed E-state index contributed by atoms with van der Waals surface area (Å²) in [5.41, 5.74) is 9.62. The molecule has 1 heterocycles. The number of aliphatic hydroxyl groups excluding tert-OH is 1. The van der Waals surface area contributed by atoms with E-state index < -0.39 is 18.4 Å². The quantitative estimate of drug-likeness (QED) is 0.495. The van der Waals surface area contributed by atoms with E-state index in [9.17, 15) is 5.11 Å². The summed E-state index contributed by atoms with van der Waals surface area (Å²) < 4.78 is 16.4. The van der Waals surface area contributed by atoms with Crippen LogP contribution in [0, 0.1) is 11.8 Å². The number of methoxy groups -OCH3 is 1. The Bertz CT molecular complexity index is 545. The normalized spacial score (nSPS) is 30.5. The van der Waals surface area contributed by atoms with Gasteiger partial charge in [0.2, 0.25) is 0 Å². The van der Waals surface area contributed by atoms with Gasteiger partial charge < -0.3 is 19.3 Å². The topological polar surface area (TPSA) is 96.7 Å². The first-order valence-electron chi connectivity index (χ1n) is 7.65. The van der Waals surface area contributed by atoms with Crippen molar-refractivity contribution in [3.8, 4) is 5.75 Å². The van der Waals surface area contributed by atoms with Gasteiger partial charge in [0.1, 0.15) is 18.1 Å². The molecular formula is C16H23N3O4. The van der Waals surface area contributed by atoms with Gasteiger partial charge in [0.05, 0.1) is 26.4 Å². The van der Waals surface area contributed by atoms with Gasteiger partial charge >= 0.3 is 0 Å². The zero-order chi connectivity index (χ0) is 16.8. The second-order valence-corrected chi connectivity index (χ2v) is 5.84. The molecule has 2 rings (SSSR count). The van der Waals surface area contributed by atoms with E-state index in [0.29, 0.717) is 6.61 Å². The van der Waals surface area contributed by atoms with Gasteiger partial charge in [-0.15, -0.1) is 0 Å². The fourth-order valence-electron chi connectivity index (χ4n) is 2.63. The minimum atomic E-state index is -0.647. The van der Waals surface area contributed by atoms with Crippen LogP contribution in [-0.2, 0) is 16.1 Å². The molecule has 7 nitrogen and oxygen atoms in total. The van der Waals surface area contributed by atoms with Crippen LogP contribution in [0.2, 0.25) is 0 Å². The summed E-state index contributed by atoms with van der Waals surface area (Å²) >= 11 is 0. The fourth-order valence-corrected chi connectivity index (χ4v) is 2.63. The number of nitrogens with zero attached hydrogens (tertiary/aromatic N) is 3. The molecule has 2 unspecified atom stereocenters. The first kappa shape index (κ1) is 17.6. The third kappa shape index (κ3) is 4.36. The number of aliphatic hydroxyl groups is 1. The first-order chi connectivity index (χ1) is 11.1. The van der Waals surface area contributed by atoms with Crippen LogP contribution >= 0.6 is 0 Å². The minimum absolute atomic E-state index is 0.0335. The molecule has 1 N–H and O–H groups in total. The number of ether oxygens (including phenoxy) is 3. The molecule has 1 aliphatic rings. The highest BCUT2D eigenvalue weighted by molar-refractivity contribution is 5.26. The number of hydrogen-bond donors (Lipinski definition) is 1. The maximum Gasteiger partial charge on any atom is 0.140 e. The van der Waals surface area contributed by atoms with E-state index in [0.717, 1.165) is 11.3 Å². The maximum absolute atomic E-state index is 10.3. The Morgan fingerprint density at radius 2 is 1.96 bits per heavy atom. The van der Waals surface area contributed by atoms with Crippen molar-refractivity contribution in [1.29, 1.82) is 0 Å². The molecule has 0 aromatic heterocycles. The number of rotatable bonds is 6. The summed E-state index contributed by atoms with van der Waals surface area (Å²) in [7, 11) is 1.62.